The summed E-state index contributed by atoms with van der Waals surface area (Å²) in [5, 5.41) is 0. The Morgan fingerprint density at radius 1 is 0.933 bits per heavy atom. The Morgan fingerprint density at radius 2 is 1.60 bits per heavy atom. The largest absolute Gasteiger partial charge is 0.497 e. The zero-order valence-corrected chi connectivity index (χ0v) is 18.0. The molecule has 0 N–H and O–H groups in total. The van der Waals surface area contributed by atoms with Gasteiger partial charge in [0.1, 0.15) is 11.5 Å². The van der Waals surface area contributed by atoms with Crippen LogP contribution in [0.1, 0.15) is 23.6 Å². The second kappa shape index (κ2) is 8.45. The maximum absolute atomic E-state index is 13.4. The molecule has 0 unspecified atom stereocenters. The summed E-state index contributed by atoms with van der Waals surface area (Å²) in [5.41, 5.74) is 4.43. The van der Waals surface area contributed by atoms with Crippen LogP contribution in [-0.2, 0) is 14.3 Å². The lowest BCUT2D eigenvalue weighted by atomic mass is 10.0. The number of aryl methyl sites for hydroxylation is 2. The molecular formula is C24H25NO5. The minimum atomic E-state index is -0.563. The van der Waals surface area contributed by atoms with Crippen LogP contribution >= 0.6 is 0 Å². The number of anilines is 1. The molecule has 2 aromatic rings. The van der Waals surface area contributed by atoms with Crippen molar-refractivity contribution in [1.29, 1.82) is 0 Å². The van der Waals surface area contributed by atoms with E-state index >= 15 is 0 Å². The summed E-state index contributed by atoms with van der Waals surface area (Å²) in [5.74, 6) is 0.298. The molecule has 0 atom stereocenters. The van der Waals surface area contributed by atoms with Crippen LogP contribution in [-0.4, -0.2) is 33.2 Å². The van der Waals surface area contributed by atoms with Crippen molar-refractivity contribution in [2.45, 2.75) is 20.8 Å². The lowest BCUT2D eigenvalue weighted by Gasteiger charge is -2.19. The molecule has 1 amide bonds. The summed E-state index contributed by atoms with van der Waals surface area (Å²) in [6, 6.07) is 11.1. The Hall–Kier alpha value is -3.54. The van der Waals surface area contributed by atoms with E-state index < -0.39 is 5.97 Å². The van der Waals surface area contributed by atoms with E-state index in [1.165, 1.54) is 14.2 Å². The third-order valence-corrected chi connectivity index (χ3v) is 4.99. The van der Waals surface area contributed by atoms with Crippen LogP contribution in [0.2, 0.25) is 0 Å². The Kier molecular flexibility index (Phi) is 5.96. The van der Waals surface area contributed by atoms with E-state index in [0.29, 0.717) is 28.4 Å². The summed E-state index contributed by atoms with van der Waals surface area (Å²) >= 11 is 0. The molecule has 3 rings (SSSR count). The average Bonchev–Trinajstić information content (AvgIpc) is 2.96. The Balaban J connectivity index is 2.18. The van der Waals surface area contributed by atoms with Crippen molar-refractivity contribution in [3.8, 4) is 11.5 Å². The fraction of sp³-hybridized carbons (Fsp3) is 0.250. The molecule has 0 aliphatic carbocycles. The first-order valence-electron chi connectivity index (χ1n) is 9.46. The van der Waals surface area contributed by atoms with E-state index in [1.807, 2.05) is 32.0 Å². The minimum Gasteiger partial charge on any atom is -0.497 e. The van der Waals surface area contributed by atoms with Crippen molar-refractivity contribution in [3.63, 3.8) is 0 Å². The van der Waals surface area contributed by atoms with Crippen LogP contribution in [0.15, 0.2) is 53.2 Å². The first kappa shape index (κ1) is 21.2. The van der Waals surface area contributed by atoms with Gasteiger partial charge in [-0.25, -0.2) is 4.79 Å². The summed E-state index contributed by atoms with van der Waals surface area (Å²) < 4.78 is 15.7. The number of hydrogen-bond donors (Lipinski definition) is 0. The average molecular weight is 407 g/mol. The van der Waals surface area contributed by atoms with Gasteiger partial charge in [-0.05, 0) is 62.2 Å². The third kappa shape index (κ3) is 3.81. The zero-order valence-electron chi connectivity index (χ0n) is 18.0. The predicted molar refractivity (Wildman–Crippen MR) is 116 cm³/mol. The lowest BCUT2D eigenvalue weighted by molar-refractivity contribution is -0.136. The van der Waals surface area contributed by atoms with Gasteiger partial charge in [0, 0.05) is 23.0 Å². The molecule has 2 aromatic carbocycles. The molecular weight excluding hydrogens is 382 g/mol. The molecule has 1 heterocycles. The number of carbonyl (C=O) groups excluding carboxylic acids is 2. The molecule has 156 valence electrons. The summed E-state index contributed by atoms with van der Waals surface area (Å²) in [4.78, 5) is 27.6. The van der Waals surface area contributed by atoms with Gasteiger partial charge in [0.05, 0.1) is 32.5 Å². The third-order valence-electron chi connectivity index (χ3n) is 4.99. The van der Waals surface area contributed by atoms with Crippen LogP contribution in [0.25, 0.3) is 6.08 Å². The number of benzene rings is 2. The second-order valence-corrected chi connectivity index (χ2v) is 7.10. The summed E-state index contributed by atoms with van der Waals surface area (Å²) in [7, 11) is 4.41. The van der Waals surface area contributed by atoms with E-state index in [2.05, 4.69) is 0 Å². The van der Waals surface area contributed by atoms with Gasteiger partial charge < -0.3 is 14.2 Å². The number of esters is 1. The van der Waals surface area contributed by atoms with Crippen molar-refractivity contribution in [3.05, 3.63) is 69.9 Å². The van der Waals surface area contributed by atoms with Gasteiger partial charge in [0.15, 0.2) is 0 Å². The van der Waals surface area contributed by atoms with Crippen LogP contribution < -0.4 is 14.4 Å². The zero-order chi connectivity index (χ0) is 22.0. The van der Waals surface area contributed by atoms with Crippen LogP contribution in [0.3, 0.4) is 0 Å². The van der Waals surface area contributed by atoms with Gasteiger partial charge in [0.25, 0.3) is 5.91 Å². The molecule has 0 saturated carbocycles. The molecule has 0 spiro atoms. The van der Waals surface area contributed by atoms with Gasteiger partial charge >= 0.3 is 5.97 Å². The number of nitrogens with zero attached hydrogens (tertiary/aromatic N) is 1. The van der Waals surface area contributed by atoms with E-state index in [1.54, 1.807) is 43.2 Å². The Labute approximate surface area is 176 Å². The first-order valence-corrected chi connectivity index (χ1v) is 9.46. The normalized spacial score (nSPS) is 15.1. The van der Waals surface area contributed by atoms with Gasteiger partial charge in [-0.3, -0.25) is 9.69 Å². The molecule has 6 heteroatoms. The summed E-state index contributed by atoms with van der Waals surface area (Å²) in [6.45, 7) is 5.68. The minimum absolute atomic E-state index is 0.236. The SMILES string of the molecule is COC(=O)C1=C(C)N(c2cc(C)cc(C)c2)C(=O)/C1=C\c1ccc(OC)cc1OC. The Bertz CT molecular complexity index is 1060. The van der Waals surface area contributed by atoms with Crippen molar-refractivity contribution in [1.82, 2.24) is 0 Å². The number of carbonyl (C=O) groups is 2. The molecule has 0 bridgehead atoms. The van der Waals surface area contributed by atoms with Crippen LogP contribution in [0, 0.1) is 13.8 Å². The van der Waals surface area contributed by atoms with Crippen molar-refractivity contribution in [2.75, 3.05) is 26.2 Å². The van der Waals surface area contributed by atoms with Crippen molar-refractivity contribution in [2.24, 2.45) is 0 Å². The topological polar surface area (TPSA) is 65.1 Å². The van der Waals surface area contributed by atoms with Gasteiger partial charge in [-0.1, -0.05) is 6.07 Å². The first-order chi connectivity index (χ1) is 14.3. The van der Waals surface area contributed by atoms with Crippen molar-refractivity contribution >= 4 is 23.6 Å². The van der Waals surface area contributed by atoms with E-state index in [-0.39, 0.29) is 17.1 Å². The molecule has 6 nitrogen and oxygen atoms in total. The molecule has 0 fully saturated rings. The number of allylic oxidation sites excluding steroid dienone is 1. The maximum Gasteiger partial charge on any atom is 0.340 e. The smallest absolute Gasteiger partial charge is 0.340 e. The Morgan fingerprint density at radius 3 is 2.17 bits per heavy atom. The number of hydrogen-bond acceptors (Lipinski definition) is 5. The highest BCUT2D eigenvalue weighted by Gasteiger charge is 2.38. The molecule has 1 aliphatic rings. The predicted octanol–water partition coefficient (Wildman–Crippen LogP) is 4.20. The van der Waals surface area contributed by atoms with Gasteiger partial charge in [-0.2, -0.15) is 0 Å². The molecule has 0 radical (unpaired) electrons. The van der Waals surface area contributed by atoms with Gasteiger partial charge in [0.2, 0.25) is 0 Å². The van der Waals surface area contributed by atoms with Crippen molar-refractivity contribution < 1.29 is 23.8 Å². The van der Waals surface area contributed by atoms with E-state index in [4.69, 9.17) is 14.2 Å². The highest BCUT2D eigenvalue weighted by molar-refractivity contribution is 6.24. The molecule has 30 heavy (non-hydrogen) atoms. The van der Waals surface area contributed by atoms with E-state index in [9.17, 15) is 9.59 Å². The van der Waals surface area contributed by atoms with Crippen LogP contribution in [0.4, 0.5) is 5.69 Å². The molecule has 0 saturated heterocycles. The highest BCUT2D eigenvalue weighted by Crippen LogP contribution is 2.37. The highest BCUT2D eigenvalue weighted by atomic mass is 16.5. The number of ether oxygens (including phenoxy) is 3. The number of rotatable bonds is 5. The van der Waals surface area contributed by atoms with Gasteiger partial charge in [-0.15, -0.1) is 0 Å². The summed E-state index contributed by atoms with van der Waals surface area (Å²) in [6.07, 6.45) is 1.65. The maximum atomic E-state index is 13.4. The standard InChI is InChI=1S/C24H25NO5/c1-14-9-15(2)11-18(10-14)25-16(3)22(24(27)30-6)20(23(25)26)12-17-7-8-19(28-4)13-21(17)29-5/h7-13H,1-6H3/b20-12-. The molecule has 1 aliphatic heterocycles. The number of amides is 1. The fourth-order valence-electron chi connectivity index (χ4n) is 3.66. The number of methoxy groups -OCH3 is 3. The quantitative estimate of drug-likeness (QED) is 0.549. The second-order valence-electron chi connectivity index (χ2n) is 7.10. The lowest BCUT2D eigenvalue weighted by Crippen LogP contribution is -2.24. The monoisotopic (exact) mass is 407 g/mol. The van der Waals surface area contributed by atoms with Crippen LogP contribution in [0.5, 0.6) is 11.5 Å². The fourth-order valence-corrected chi connectivity index (χ4v) is 3.66. The molecule has 0 aromatic heterocycles. The van der Waals surface area contributed by atoms with E-state index in [0.717, 1.165) is 11.1 Å².